The number of unbranched alkanes of at least 4 members (excludes halogenated alkanes) is 1. The summed E-state index contributed by atoms with van der Waals surface area (Å²) in [6.07, 6.45) is -2.55. The number of likely N-dealkylation sites (tertiary alicyclic amines) is 1. The third-order valence-electron chi connectivity index (χ3n) is 8.52. The highest BCUT2D eigenvalue weighted by atomic mass is 19.4. The summed E-state index contributed by atoms with van der Waals surface area (Å²) in [6, 6.07) is 23.2. The maximum atomic E-state index is 15.1. The van der Waals surface area contributed by atoms with Gasteiger partial charge in [0.05, 0.1) is 11.6 Å². The fourth-order valence-electron chi connectivity index (χ4n) is 6.26. The Morgan fingerprint density at radius 2 is 1.60 bits per heavy atom. The van der Waals surface area contributed by atoms with Gasteiger partial charge in [-0.3, -0.25) is 14.5 Å². The fraction of sp³-hybridized carbons (Fsp3) is 0.278. The van der Waals surface area contributed by atoms with E-state index in [1.165, 1.54) is 18.2 Å². The maximum absolute atomic E-state index is 15.1. The molecule has 47 heavy (non-hydrogen) atoms. The summed E-state index contributed by atoms with van der Waals surface area (Å²) in [5.41, 5.74) is 2.32. The maximum Gasteiger partial charge on any atom is 0.405 e. The molecule has 1 aliphatic carbocycles. The first-order chi connectivity index (χ1) is 22.6. The number of carbonyl (C=O) groups is 2. The highest BCUT2D eigenvalue weighted by molar-refractivity contribution is 5.97. The van der Waals surface area contributed by atoms with Crippen molar-refractivity contribution in [2.24, 2.45) is 0 Å². The van der Waals surface area contributed by atoms with Gasteiger partial charge >= 0.3 is 6.18 Å². The second-order valence-electron chi connectivity index (χ2n) is 11.8. The van der Waals surface area contributed by atoms with Crippen LogP contribution in [0.15, 0.2) is 84.9 Å². The number of halogens is 5. The van der Waals surface area contributed by atoms with Crippen molar-refractivity contribution in [1.29, 1.82) is 0 Å². The molecule has 6 nitrogen and oxygen atoms in total. The number of benzene rings is 4. The predicted octanol–water partition coefficient (Wildman–Crippen LogP) is 7.45. The lowest BCUT2D eigenvalue weighted by molar-refractivity contribution is -0.123. The molecular formula is C36H32F5N3O3. The van der Waals surface area contributed by atoms with E-state index in [2.05, 4.69) is 10.2 Å². The monoisotopic (exact) mass is 649 g/mol. The van der Waals surface area contributed by atoms with Crippen molar-refractivity contribution in [2.45, 2.75) is 37.4 Å². The first-order valence-corrected chi connectivity index (χ1v) is 15.4. The molecule has 0 aromatic heterocycles. The molecular weight excluding hydrogens is 617 g/mol. The lowest BCUT2D eigenvalue weighted by Gasteiger charge is -2.39. The third kappa shape index (κ3) is 7.30. The van der Waals surface area contributed by atoms with Gasteiger partial charge in [0.15, 0.2) is 11.6 Å². The van der Waals surface area contributed by atoms with Crippen molar-refractivity contribution in [2.75, 3.05) is 26.2 Å². The van der Waals surface area contributed by atoms with Crippen LogP contribution in [0.5, 0.6) is 11.5 Å². The van der Waals surface area contributed by atoms with Crippen LogP contribution in [0, 0.1) is 11.6 Å². The number of alkyl halides is 3. The molecule has 0 bridgehead atoms. The van der Waals surface area contributed by atoms with Crippen molar-refractivity contribution in [1.82, 2.24) is 15.5 Å². The van der Waals surface area contributed by atoms with Crippen molar-refractivity contribution in [3.05, 3.63) is 119 Å². The average molecular weight is 650 g/mol. The second kappa shape index (κ2) is 13.5. The highest BCUT2D eigenvalue weighted by Gasteiger charge is 2.34. The Bertz CT molecular complexity index is 1770. The van der Waals surface area contributed by atoms with Gasteiger partial charge in [-0.1, -0.05) is 48.9 Å². The standard InChI is InChI=1S/C36H32F5N3O3/c37-30-16-15-27-29-18-22(34(45)42-21-36(39,40)41)13-14-25(29)26(32(27)33(30)38)10-6-7-17-44-19-23(20-44)43-35(46)28-11-4-5-12-31(28)47-24-8-2-1-3-9-24/h1-5,8-9,11-16,18,23,26H,6-7,10,17,19-21H2,(H,42,45)(H,43,46). The Morgan fingerprint density at radius 1 is 0.851 bits per heavy atom. The van der Waals surface area contributed by atoms with Gasteiger partial charge in [0.1, 0.15) is 18.0 Å². The molecule has 1 aliphatic heterocycles. The molecule has 1 unspecified atom stereocenters. The zero-order valence-corrected chi connectivity index (χ0v) is 25.2. The molecule has 1 fully saturated rings. The van der Waals surface area contributed by atoms with Gasteiger partial charge < -0.3 is 15.4 Å². The van der Waals surface area contributed by atoms with Gasteiger partial charge in [0, 0.05) is 30.1 Å². The quantitative estimate of drug-likeness (QED) is 0.131. The highest BCUT2D eigenvalue weighted by Crippen LogP contribution is 2.49. The minimum absolute atomic E-state index is 0.0102. The summed E-state index contributed by atoms with van der Waals surface area (Å²) in [4.78, 5) is 27.6. The minimum atomic E-state index is -4.56. The van der Waals surface area contributed by atoms with Crippen LogP contribution in [0.25, 0.3) is 11.1 Å². The molecule has 0 saturated carbocycles. The van der Waals surface area contributed by atoms with Crippen LogP contribution in [0.3, 0.4) is 0 Å². The number of rotatable bonds is 11. The topological polar surface area (TPSA) is 70.7 Å². The van der Waals surface area contributed by atoms with Gasteiger partial charge in [-0.2, -0.15) is 13.2 Å². The van der Waals surface area contributed by atoms with E-state index in [9.17, 15) is 27.2 Å². The molecule has 11 heteroatoms. The summed E-state index contributed by atoms with van der Waals surface area (Å²) < 4.78 is 73.1. The van der Waals surface area contributed by atoms with Gasteiger partial charge in [-0.05, 0) is 78.5 Å². The number of hydrogen-bond donors (Lipinski definition) is 2. The Hall–Kier alpha value is -4.77. The molecule has 6 rings (SSSR count). The summed E-state index contributed by atoms with van der Waals surface area (Å²) in [6.45, 7) is 0.656. The number of nitrogens with one attached hydrogen (secondary N) is 2. The molecule has 244 valence electrons. The van der Waals surface area contributed by atoms with Crippen LogP contribution in [-0.2, 0) is 0 Å². The van der Waals surface area contributed by atoms with Crippen molar-refractivity contribution < 1.29 is 36.3 Å². The largest absolute Gasteiger partial charge is 0.457 e. The normalized spacial score (nSPS) is 15.8. The summed E-state index contributed by atoms with van der Waals surface area (Å²) in [5, 5.41) is 4.91. The van der Waals surface area contributed by atoms with Gasteiger partial charge in [-0.25, -0.2) is 8.78 Å². The van der Waals surface area contributed by atoms with Crippen LogP contribution >= 0.6 is 0 Å². The molecule has 1 heterocycles. The number of para-hydroxylation sites is 2. The van der Waals surface area contributed by atoms with Gasteiger partial charge in [0.25, 0.3) is 11.8 Å². The SMILES string of the molecule is O=C(NCC(F)(F)F)c1ccc2c(c1)-c1ccc(F)c(F)c1C2CCCCN1CC(NC(=O)c2ccccc2Oc2ccccc2)C1. The summed E-state index contributed by atoms with van der Waals surface area (Å²) in [5.74, 6) is -2.39. The number of fused-ring (bicyclic) bond motifs is 3. The van der Waals surface area contributed by atoms with E-state index in [4.69, 9.17) is 4.74 Å². The first kappa shape index (κ1) is 32.2. The minimum Gasteiger partial charge on any atom is -0.457 e. The number of amides is 2. The number of carbonyl (C=O) groups excluding carboxylic acids is 2. The molecule has 0 spiro atoms. The number of ether oxygens (including phenoxy) is 1. The molecule has 1 saturated heterocycles. The average Bonchev–Trinajstić information content (AvgIpc) is 3.35. The van der Waals surface area contributed by atoms with Crippen molar-refractivity contribution >= 4 is 11.8 Å². The van der Waals surface area contributed by atoms with E-state index in [0.717, 1.165) is 19.0 Å². The second-order valence-corrected chi connectivity index (χ2v) is 11.8. The van der Waals surface area contributed by atoms with Crippen LogP contribution in [-0.4, -0.2) is 55.1 Å². The Balaban J connectivity index is 1.02. The Labute approximate surface area is 268 Å². The van der Waals surface area contributed by atoms with Crippen LogP contribution in [0.2, 0.25) is 0 Å². The fourth-order valence-corrected chi connectivity index (χ4v) is 6.26. The molecule has 4 aromatic rings. The predicted molar refractivity (Wildman–Crippen MR) is 167 cm³/mol. The lowest BCUT2D eigenvalue weighted by Crippen LogP contribution is -2.59. The van der Waals surface area contributed by atoms with Gasteiger partial charge in [-0.15, -0.1) is 0 Å². The first-order valence-electron chi connectivity index (χ1n) is 15.4. The number of nitrogens with zero attached hydrogens (tertiary/aromatic N) is 1. The van der Waals surface area contributed by atoms with E-state index in [0.29, 0.717) is 59.7 Å². The van der Waals surface area contributed by atoms with Crippen molar-refractivity contribution in [3.8, 4) is 22.6 Å². The third-order valence-corrected chi connectivity index (χ3v) is 8.52. The van der Waals surface area contributed by atoms with E-state index >= 15 is 4.39 Å². The number of hydrogen-bond acceptors (Lipinski definition) is 4. The van der Waals surface area contributed by atoms with E-state index in [-0.39, 0.29) is 23.1 Å². The van der Waals surface area contributed by atoms with Crippen LogP contribution in [0.1, 0.15) is 57.0 Å². The molecule has 0 radical (unpaired) electrons. The molecule has 4 aromatic carbocycles. The van der Waals surface area contributed by atoms with E-state index in [1.54, 1.807) is 24.3 Å². The zero-order chi connectivity index (χ0) is 33.1. The van der Waals surface area contributed by atoms with Gasteiger partial charge in [0.2, 0.25) is 0 Å². The Kier molecular flexibility index (Phi) is 9.26. The molecule has 2 amide bonds. The molecule has 2 N–H and O–H groups in total. The summed E-state index contributed by atoms with van der Waals surface area (Å²) >= 11 is 0. The van der Waals surface area contributed by atoms with E-state index in [1.807, 2.05) is 41.7 Å². The van der Waals surface area contributed by atoms with Crippen molar-refractivity contribution in [3.63, 3.8) is 0 Å². The van der Waals surface area contributed by atoms with Crippen LogP contribution in [0.4, 0.5) is 22.0 Å². The smallest absolute Gasteiger partial charge is 0.405 e. The summed E-state index contributed by atoms with van der Waals surface area (Å²) in [7, 11) is 0. The molecule has 2 aliphatic rings. The lowest BCUT2D eigenvalue weighted by atomic mass is 9.90. The molecule has 1 atom stereocenters. The van der Waals surface area contributed by atoms with Crippen LogP contribution < -0.4 is 15.4 Å². The van der Waals surface area contributed by atoms with E-state index < -0.39 is 36.2 Å². The Morgan fingerprint density at radius 3 is 2.36 bits per heavy atom. The zero-order valence-electron chi connectivity index (χ0n) is 25.2.